The number of aryl methyl sites for hydroxylation is 1. The van der Waals surface area contributed by atoms with Crippen LogP contribution in [0.25, 0.3) is 0 Å². The molecule has 0 aromatic heterocycles. The van der Waals surface area contributed by atoms with Crippen LogP contribution >= 0.6 is 11.6 Å². The molecular formula is C16H20ClN3O6S. The Kier molecular flexibility index (Phi) is 6.82. The lowest BCUT2D eigenvalue weighted by Crippen LogP contribution is -2.47. The van der Waals surface area contributed by atoms with Gasteiger partial charge in [0.25, 0.3) is 5.91 Å². The zero-order valence-electron chi connectivity index (χ0n) is 14.7. The molecule has 1 amide bonds. The maximum atomic E-state index is 12.6. The number of hydroxylamine groups is 1. The maximum Gasteiger partial charge on any atom is 0.305 e. The third kappa shape index (κ3) is 4.98. The number of halogens is 1. The maximum absolute atomic E-state index is 12.6. The average Bonchev–Trinajstić information content (AvgIpc) is 2.61. The number of ether oxygens (including phenoxy) is 1. The lowest BCUT2D eigenvalue weighted by Gasteiger charge is -2.32. The quantitative estimate of drug-likeness (QED) is 0.362. The molecule has 27 heavy (non-hydrogen) atoms. The molecule has 1 heterocycles. The number of carbonyl (C=O) groups excluding carboxylic acids is 2. The van der Waals surface area contributed by atoms with E-state index in [4.69, 9.17) is 16.8 Å². The van der Waals surface area contributed by atoms with Crippen molar-refractivity contribution in [1.82, 2.24) is 14.5 Å². The summed E-state index contributed by atoms with van der Waals surface area (Å²) in [4.78, 5) is 23.3. The minimum absolute atomic E-state index is 0.0190. The van der Waals surface area contributed by atoms with E-state index in [9.17, 15) is 18.0 Å². The Morgan fingerprint density at radius 2 is 2.11 bits per heavy atom. The smallest absolute Gasteiger partial charge is 0.305 e. The zero-order chi connectivity index (χ0) is 20.2. The van der Waals surface area contributed by atoms with E-state index >= 15 is 0 Å². The van der Waals surface area contributed by atoms with Gasteiger partial charge in [-0.05, 0) is 30.5 Å². The Labute approximate surface area is 162 Å². The molecule has 3 N–H and O–H groups in total. The molecule has 148 valence electrons. The number of amides is 1. The molecule has 0 radical (unpaired) electrons. The van der Waals surface area contributed by atoms with Gasteiger partial charge in [-0.3, -0.25) is 19.1 Å². The molecule has 1 atom stereocenters. The van der Waals surface area contributed by atoms with E-state index in [0.717, 1.165) is 16.1 Å². The number of methoxy groups -OCH3 is 1. The van der Waals surface area contributed by atoms with Gasteiger partial charge in [0.1, 0.15) is 0 Å². The van der Waals surface area contributed by atoms with Gasteiger partial charge in [0.05, 0.1) is 18.7 Å². The van der Waals surface area contributed by atoms with Crippen LogP contribution in [0, 0.1) is 6.92 Å². The van der Waals surface area contributed by atoms with Crippen molar-refractivity contribution in [2.45, 2.75) is 25.8 Å². The number of esters is 1. The highest BCUT2D eigenvalue weighted by Crippen LogP contribution is 2.33. The van der Waals surface area contributed by atoms with Crippen LogP contribution in [-0.4, -0.2) is 43.5 Å². The average molecular weight is 418 g/mol. The predicted octanol–water partition coefficient (Wildman–Crippen LogP) is 1.18. The van der Waals surface area contributed by atoms with E-state index in [2.05, 4.69) is 9.46 Å². The van der Waals surface area contributed by atoms with Crippen LogP contribution in [0.3, 0.4) is 0 Å². The molecule has 1 aromatic rings. The second-order valence-corrected chi connectivity index (χ2v) is 7.96. The summed E-state index contributed by atoms with van der Waals surface area (Å²) in [5.74, 6) is -1.35. The molecule has 11 heteroatoms. The summed E-state index contributed by atoms with van der Waals surface area (Å²) in [6.45, 7) is 1.77. The predicted molar refractivity (Wildman–Crippen MR) is 97.0 cm³/mol. The summed E-state index contributed by atoms with van der Waals surface area (Å²) in [6.07, 6.45) is 1.33. The largest absolute Gasteiger partial charge is 0.469 e. The molecule has 1 aliphatic heterocycles. The van der Waals surface area contributed by atoms with Crippen molar-refractivity contribution in [3.8, 4) is 0 Å². The summed E-state index contributed by atoms with van der Waals surface area (Å²) in [5, 5.41) is 9.31. The Hall–Kier alpha value is -2.14. The van der Waals surface area contributed by atoms with Gasteiger partial charge < -0.3 is 4.74 Å². The van der Waals surface area contributed by atoms with Gasteiger partial charge in [-0.2, -0.15) is 13.1 Å². The first-order chi connectivity index (χ1) is 12.7. The van der Waals surface area contributed by atoms with Crippen molar-refractivity contribution in [2.75, 3.05) is 13.7 Å². The standard InChI is InChI=1S/C16H20ClN3O6S/c1-10-5-6-11(13(17)8-10)15-12(16(22)18-23)9-20(27(24,25)19-15)7-3-4-14(21)26-2/h5-6,8-9,15,19,23H,3-4,7H2,1-2H3,(H,18,22). The van der Waals surface area contributed by atoms with Gasteiger partial charge in [-0.15, -0.1) is 0 Å². The molecule has 0 saturated carbocycles. The minimum atomic E-state index is -3.99. The summed E-state index contributed by atoms with van der Waals surface area (Å²) in [7, 11) is -2.76. The fourth-order valence-corrected chi connectivity index (χ4v) is 4.25. The fourth-order valence-electron chi connectivity index (χ4n) is 2.60. The van der Waals surface area contributed by atoms with Crippen LogP contribution in [0.15, 0.2) is 30.0 Å². The van der Waals surface area contributed by atoms with Gasteiger partial charge in [-0.1, -0.05) is 23.7 Å². The summed E-state index contributed by atoms with van der Waals surface area (Å²) in [6, 6.07) is 3.90. The Bertz CT molecular complexity index is 871. The fraction of sp³-hybridized carbons (Fsp3) is 0.375. The van der Waals surface area contributed by atoms with E-state index in [0.29, 0.717) is 5.56 Å². The topological polar surface area (TPSA) is 125 Å². The number of hydrogen-bond acceptors (Lipinski definition) is 6. The van der Waals surface area contributed by atoms with Gasteiger partial charge >= 0.3 is 16.2 Å². The van der Waals surface area contributed by atoms with Gasteiger partial charge in [-0.25, -0.2) is 5.48 Å². The summed E-state index contributed by atoms with van der Waals surface area (Å²) < 4.78 is 32.9. The van der Waals surface area contributed by atoms with Gasteiger partial charge in [0.15, 0.2) is 0 Å². The number of nitrogens with one attached hydrogen (secondary N) is 2. The highest BCUT2D eigenvalue weighted by atomic mass is 35.5. The molecule has 0 saturated heterocycles. The molecular weight excluding hydrogens is 398 g/mol. The molecule has 2 rings (SSSR count). The molecule has 0 bridgehead atoms. The molecule has 0 aliphatic carbocycles. The molecule has 1 aromatic carbocycles. The lowest BCUT2D eigenvalue weighted by molar-refractivity contribution is -0.140. The van der Waals surface area contributed by atoms with E-state index in [1.807, 2.05) is 6.92 Å². The number of nitrogens with zero attached hydrogens (tertiary/aromatic N) is 1. The van der Waals surface area contributed by atoms with Crippen LogP contribution in [-0.2, 0) is 24.5 Å². The lowest BCUT2D eigenvalue weighted by atomic mass is 9.98. The molecule has 1 unspecified atom stereocenters. The van der Waals surface area contributed by atoms with Crippen LogP contribution in [0.4, 0.5) is 0 Å². The molecule has 1 aliphatic rings. The number of rotatable bonds is 6. The SMILES string of the molecule is COC(=O)CCCN1C=C(C(=O)NO)C(c2ccc(C)cc2Cl)NS1(=O)=O. The van der Waals surface area contributed by atoms with E-state index in [-0.39, 0.29) is 30.0 Å². The van der Waals surface area contributed by atoms with Crippen molar-refractivity contribution in [1.29, 1.82) is 0 Å². The Morgan fingerprint density at radius 3 is 2.70 bits per heavy atom. The second-order valence-electron chi connectivity index (χ2n) is 5.90. The van der Waals surface area contributed by atoms with Crippen molar-refractivity contribution in [3.05, 3.63) is 46.1 Å². The molecule has 9 nitrogen and oxygen atoms in total. The number of benzene rings is 1. The van der Waals surface area contributed by atoms with Gasteiger partial charge in [0, 0.05) is 24.2 Å². The van der Waals surface area contributed by atoms with E-state index in [1.54, 1.807) is 18.2 Å². The first kappa shape index (κ1) is 21.2. The van der Waals surface area contributed by atoms with Crippen molar-refractivity contribution in [3.63, 3.8) is 0 Å². The van der Waals surface area contributed by atoms with E-state index < -0.39 is 28.1 Å². The monoisotopic (exact) mass is 417 g/mol. The Morgan fingerprint density at radius 1 is 1.41 bits per heavy atom. The number of hydrogen-bond donors (Lipinski definition) is 3. The van der Waals surface area contributed by atoms with Crippen molar-refractivity contribution < 1.29 is 28.0 Å². The third-order valence-corrected chi connectivity index (χ3v) is 5.75. The minimum Gasteiger partial charge on any atom is -0.469 e. The van der Waals surface area contributed by atoms with Crippen LogP contribution in [0.2, 0.25) is 5.02 Å². The first-order valence-corrected chi connectivity index (χ1v) is 9.79. The molecule has 0 fully saturated rings. The first-order valence-electron chi connectivity index (χ1n) is 7.97. The highest BCUT2D eigenvalue weighted by Gasteiger charge is 2.36. The van der Waals surface area contributed by atoms with Crippen LogP contribution in [0.1, 0.15) is 30.0 Å². The second kappa shape index (κ2) is 8.70. The highest BCUT2D eigenvalue weighted by molar-refractivity contribution is 7.87. The molecule has 0 spiro atoms. The van der Waals surface area contributed by atoms with Crippen molar-refractivity contribution in [2.24, 2.45) is 0 Å². The van der Waals surface area contributed by atoms with E-state index in [1.165, 1.54) is 12.6 Å². The van der Waals surface area contributed by atoms with Gasteiger partial charge in [0.2, 0.25) is 0 Å². The normalized spacial score (nSPS) is 18.6. The third-order valence-electron chi connectivity index (χ3n) is 3.99. The van der Waals surface area contributed by atoms with Crippen molar-refractivity contribution >= 4 is 33.7 Å². The van der Waals surface area contributed by atoms with Crippen LogP contribution < -0.4 is 10.2 Å². The zero-order valence-corrected chi connectivity index (χ0v) is 16.3. The van der Waals surface area contributed by atoms with Crippen LogP contribution in [0.5, 0.6) is 0 Å². The summed E-state index contributed by atoms with van der Waals surface area (Å²) >= 11 is 6.22. The number of carbonyl (C=O) groups is 2. The summed E-state index contributed by atoms with van der Waals surface area (Å²) in [5.41, 5.74) is 2.70. The Balaban J connectivity index is 2.38.